The van der Waals surface area contributed by atoms with Gasteiger partial charge < -0.3 is 10.3 Å². The standard InChI is InChI=1S/C10H11ClN4/c1-5-4-7-8(12-5)14-10(11)15-9(7)13-6-2-3-6/h4,6H,2-3H2,1H3,(H2,12,13,14,15). The maximum absolute atomic E-state index is 5.85. The van der Waals surface area contributed by atoms with Crippen LogP contribution in [0.2, 0.25) is 5.28 Å². The first kappa shape index (κ1) is 8.97. The zero-order chi connectivity index (χ0) is 10.4. The van der Waals surface area contributed by atoms with Gasteiger partial charge in [-0.25, -0.2) is 4.98 Å². The number of aromatic nitrogens is 3. The number of hydrogen-bond acceptors (Lipinski definition) is 3. The number of anilines is 1. The third-order valence-electron chi connectivity index (χ3n) is 2.51. The molecule has 0 radical (unpaired) electrons. The first-order valence-electron chi connectivity index (χ1n) is 5.02. The molecule has 2 heterocycles. The third-order valence-corrected chi connectivity index (χ3v) is 2.68. The number of nitrogens with zero attached hydrogens (tertiary/aromatic N) is 2. The van der Waals surface area contributed by atoms with Gasteiger partial charge in [0.15, 0.2) is 0 Å². The highest BCUT2D eigenvalue weighted by Gasteiger charge is 2.23. The summed E-state index contributed by atoms with van der Waals surface area (Å²) in [5, 5.41) is 4.66. The summed E-state index contributed by atoms with van der Waals surface area (Å²) in [7, 11) is 0. The molecular formula is C10H11ClN4. The average molecular weight is 223 g/mol. The Morgan fingerprint density at radius 2 is 2.27 bits per heavy atom. The zero-order valence-electron chi connectivity index (χ0n) is 8.34. The number of rotatable bonds is 2. The van der Waals surface area contributed by atoms with Gasteiger partial charge in [-0.15, -0.1) is 0 Å². The fourth-order valence-corrected chi connectivity index (χ4v) is 1.81. The van der Waals surface area contributed by atoms with Crippen molar-refractivity contribution in [3.05, 3.63) is 17.0 Å². The van der Waals surface area contributed by atoms with E-state index in [1.807, 2.05) is 13.0 Å². The molecule has 3 rings (SSSR count). The van der Waals surface area contributed by atoms with Crippen LogP contribution < -0.4 is 5.32 Å². The maximum Gasteiger partial charge on any atom is 0.226 e. The van der Waals surface area contributed by atoms with Crippen molar-refractivity contribution in [2.45, 2.75) is 25.8 Å². The van der Waals surface area contributed by atoms with Gasteiger partial charge in [-0.2, -0.15) is 4.98 Å². The number of halogens is 1. The van der Waals surface area contributed by atoms with Crippen LogP contribution in [0.15, 0.2) is 6.07 Å². The van der Waals surface area contributed by atoms with E-state index in [1.54, 1.807) is 0 Å². The largest absolute Gasteiger partial charge is 0.367 e. The second-order valence-electron chi connectivity index (χ2n) is 3.97. The molecule has 0 aliphatic heterocycles. The molecule has 2 aromatic rings. The molecule has 0 bridgehead atoms. The lowest BCUT2D eigenvalue weighted by Crippen LogP contribution is -2.04. The van der Waals surface area contributed by atoms with Crippen molar-refractivity contribution in [1.82, 2.24) is 15.0 Å². The Bertz CT molecular complexity index is 515. The lowest BCUT2D eigenvalue weighted by molar-refractivity contribution is 1.10. The van der Waals surface area contributed by atoms with E-state index in [2.05, 4.69) is 20.3 Å². The number of aryl methyl sites for hydroxylation is 1. The molecule has 0 spiro atoms. The minimum atomic E-state index is 0.285. The molecule has 4 nitrogen and oxygen atoms in total. The number of hydrogen-bond donors (Lipinski definition) is 2. The van der Waals surface area contributed by atoms with Crippen molar-refractivity contribution in [2.75, 3.05) is 5.32 Å². The summed E-state index contributed by atoms with van der Waals surface area (Å²) in [5.74, 6) is 0.844. The summed E-state index contributed by atoms with van der Waals surface area (Å²) in [6.07, 6.45) is 2.43. The van der Waals surface area contributed by atoms with Crippen molar-refractivity contribution < 1.29 is 0 Å². The summed E-state index contributed by atoms with van der Waals surface area (Å²) < 4.78 is 0. The zero-order valence-corrected chi connectivity index (χ0v) is 9.10. The Kier molecular flexibility index (Phi) is 1.85. The predicted octanol–water partition coefficient (Wildman–Crippen LogP) is 2.49. The topological polar surface area (TPSA) is 53.6 Å². The molecule has 1 aliphatic rings. The van der Waals surface area contributed by atoms with Crippen LogP contribution in [-0.4, -0.2) is 21.0 Å². The molecule has 2 aromatic heterocycles. The molecule has 1 fully saturated rings. The number of fused-ring (bicyclic) bond motifs is 1. The van der Waals surface area contributed by atoms with Crippen LogP contribution in [0.3, 0.4) is 0 Å². The Hall–Kier alpha value is -1.29. The third kappa shape index (κ3) is 1.65. The Morgan fingerprint density at radius 1 is 1.47 bits per heavy atom. The van der Waals surface area contributed by atoms with Crippen LogP contribution in [0.5, 0.6) is 0 Å². The Labute approximate surface area is 92.1 Å². The fraction of sp³-hybridized carbons (Fsp3) is 0.400. The van der Waals surface area contributed by atoms with Crippen molar-refractivity contribution >= 4 is 28.5 Å². The highest BCUT2D eigenvalue weighted by molar-refractivity contribution is 6.28. The van der Waals surface area contributed by atoms with Gasteiger partial charge in [-0.1, -0.05) is 0 Å². The molecule has 1 aliphatic carbocycles. The summed E-state index contributed by atoms with van der Waals surface area (Å²) >= 11 is 5.85. The van der Waals surface area contributed by atoms with Crippen LogP contribution in [-0.2, 0) is 0 Å². The molecule has 0 saturated heterocycles. The van der Waals surface area contributed by atoms with Gasteiger partial charge in [0.2, 0.25) is 5.28 Å². The minimum Gasteiger partial charge on any atom is -0.367 e. The van der Waals surface area contributed by atoms with Gasteiger partial charge in [0, 0.05) is 11.7 Å². The quantitative estimate of drug-likeness (QED) is 0.768. The van der Waals surface area contributed by atoms with Crippen LogP contribution >= 0.6 is 11.6 Å². The predicted molar refractivity (Wildman–Crippen MR) is 60.3 cm³/mol. The Morgan fingerprint density at radius 3 is 3.00 bits per heavy atom. The van der Waals surface area contributed by atoms with E-state index in [0.29, 0.717) is 6.04 Å². The molecule has 0 aromatic carbocycles. The normalized spacial score (nSPS) is 15.9. The van der Waals surface area contributed by atoms with Gasteiger partial charge in [0.1, 0.15) is 11.5 Å². The van der Waals surface area contributed by atoms with Gasteiger partial charge >= 0.3 is 0 Å². The molecule has 0 unspecified atom stereocenters. The summed E-state index contributed by atoms with van der Waals surface area (Å²) in [6.45, 7) is 2.00. The number of nitrogens with one attached hydrogen (secondary N) is 2. The van der Waals surface area contributed by atoms with Crippen LogP contribution in [0.1, 0.15) is 18.5 Å². The SMILES string of the molecule is Cc1cc2c(NC3CC3)nc(Cl)nc2[nH]1. The summed E-state index contributed by atoms with van der Waals surface area (Å²) in [5.41, 5.74) is 1.87. The molecular weight excluding hydrogens is 212 g/mol. The highest BCUT2D eigenvalue weighted by Crippen LogP contribution is 2.29. The van der Waals surface area contributed by atoms with Gasteiger partial charge in [0.05, 0.1) is 5.39 Å². The van der Waals surface area contributed by atoms with E-state index >= 15 is 0 Å². The van der Waals surface area contributed by atoms with E-state index in [4.69, 9.17) is 11.6 Å². The first-order valence-corrected chi connectivity index (χ1v) is 5.39. The molecule has 1 saturated carbocycles. The molecule has 15 heavy (non-hydrogen) atoms. The minimum absolute atomic E-state index is 0.285. The van der Waals surface area contributed by atoms with E-state index in [9.17, 15) is 0 Å². The summed E-state index contributed by atoms with van der Waals surface area (Å²) in [4.78, 5) is 11.5. The van der Waals surface area contributed by atoms with E-state index in [1.165, 1.54) is 12.8 Å². The van der Waals surface area contributed by atoms with Crippen molar-refractivity contribution in [2.24, 2.45) is 0 Å². The molecule has 5 heteroatoms. The fourth-order valence-electron chi connectivity index (χ4n) is 1.64. The maximum atomic E-state index is 5.85. The second-order valence-corrected chi connectivity index (χ2v) is 4.31. The first-order chi connectivity index (χ1) is 7.22. The monoisotopic (exact) mass is 222 g/mol. The number of H-pyrrole nitrogens is 1. The molecule has 0 atom stereocenters. The average Bonchev–Trinajstić information content (AvgIpc) is 2.87. The Balaban J connectivity index is 2.15. The van der Waals surface area contributed by atoms with Crippen LogP contribution in [0.25, 0.3) is 11.0 Å². The molecule has 0 amide bonds. The van der Waals surface area contributed by atoms with E-state index in [-0.39, 0.29) is 5.28 Å². The van der Waals surface area contributed by atoms with Gasteiger partial charge in [0.25, 0.3) is 0 Å². The van der Waals surface area contributed by atoms with Crippen LogP contribution in [0.4, 0.5) is 5.82 Å². The van der Waals surface area contributed by atoms with Crippen LogP contribution in [0, 0.1) is 6.92 Å². The lowest BCUT2D eigenvalue weighted by atomic mass is 10.3. The van der Waals surface area contributed by atoms with Crippen molar-refractivity contribution in [1.29, 1.82) is 0 Å². The number of aromatic amines is 1. The highest BCUT2D eigenvalue weighted by atomic mass is 35.5. The van der Waals surface area contributed by atoms with Crippen molar-refractivity contribution in [3.8, 4) is 0 Å². The summed E-state index contributed by atoms with van der Waals surface area (Å²) in [6, 6.07) is 2.60. The van der Waals surface area contributed by atoms with E-state index in [0.717, 1.165) is 22.5 Å². The van der Waals surface area contributed by atoms with Crippen molar-refractivity contribution in [3.63, 3.8) is 0 Å². The second kappa shape index (κ2) is 3.10. The lowest BCUT2D eigenvalue weighted by Gasteiger charge is -2.04. The molecule has 78 valence electrons. The van der Waals surface area contributed by atoms with Gasteiger partial charge in [-0.05, 0) is 37.4 Å². The smallest absolute Gasteiger partial charge is 0.226 e. The van der Waals surface area contributed by atoms with Gasteiger partial charge in [-0.3, -0.25) is 0 Å². The van der Waals surface area contributed by atoms with E-state index < -0.39 is 0 Å². The molecule has 2 N–H and O–H groups in total.